The zero-order valence-electron chi connectivity index (χ0n) is 9.65. The van der Waals surface area contributed by atoms with E-state index < -0.39 is 11.9 Å². The van der Waals surface area contributed by atoms with Gasteiger partial charge in [0.05, 0.1) is 12.5 Å². The van der Waals surface area contributed by atoms with E-state index in [1.807, 2.05) is 6.92 Å². The SMILES string of the molecule is CCCCOC(=O)N1CCCC(C(=O)O)C1. The monoisotopic (exact) mass is 229 g/mol. The van der Waals surface area contributed by atoms with E-state index in [1.54, 1.807) is 0 Å². The topological polar surface area (TPSA) is 66.8 Å². The second kappa shape index (κ2) is 6.35. The van der Waals surface area contributed by atoms with Crippen molar-refractivity contribution in [2.45, 2.75) is 32.6 Å². The quantitative estimate of drug-likeness (QED) is 0.745. The number of likely N-dealkylation sites (tertiary alicyclic amines) is 1. The molecule has 16 heavy (non-hydrogen) atoms. The predicted octanol–water partition coefficient (Wildman–Crippen LogP) is 1.72. The Morgan fingerprint density at radius 3 is 2.88 bits per heavy atom. The smallest absolute Gasteiger partial charge is 0.409 e. The number of aliphatic carboxylic acids is 1. The van der Waals surface area contributed by atoms with E-state index in [0.717, 1.165) is 19.3 Å². The highest BCUT2D eigenvalue weighted by atomic mass is 16.6. The Hall–Kier alpha value is -1.26. The Morgan fingerprint density at radius 1 is 1.50 bits per heavy atom. The molecule has 0 bridgehead atoms. The zero-order chi connectivity index (χ0) is 12.0. The van der Waals surface area contributed by atoms with E-state index in [0.29, 0.717) is 19.6 Å². The van der Waals surface area contributed by atoms with Gasteiger partial charge >= 0.3 is 12.1 Å². The third-order valence-corrected chi connectivity index (χ3v) is 2.75. The van der Waals surface area contributed by atoms with E-state index >= 15 is 0 Å². The summed E-state index contributed by atoms with van der Waals surface area (Å²) in [6.45, 7) is 3.33. The van der Waals surface area contributed by atoms with E-state index in [4.69, 9.17) is 9.84 Å². The molecule has 0 radical (unpaired) electrons. The summed E-state index contributed by atoms with van der Waals surface area (Å²) in [6, 6.07) is 0. The normalized spacial score (nSPS) is 20.6. The third kappa shape index (κ3) is 3.72. The summed E-state index contributed by atoms with van der Waals surface area (Å²) in [6.07, 6.45) is 2.83. The number of carbonyl (C=O) groups excluding carboxylic acids is 1. The van der Waals surface area contributed by atoms with Crippen molar-refractivity contribution in [1.82, 2.24) is 4.90 Å². The van der Waals surface area contributed by atoms with Gasteiger partial charge in [0.1, 0.15) is 0 Å². The molecule has 5 heteroatoms. The minimum absolute atomic E-state index is 0.278. The van der Waals surface area contributed by atoms with Crippen molar-refractivity contribution in [3.63, 3.8) is 0 Å². The molecule has 1 aliphatic rings. The Morgan fingerprint density at radius 2 is 2.25 bits per heavy atom. The summed E-state index contributed by atoms with van der Waals surface area (Å²) in [5.74, 6) is -1.27. The van der Waals surface area contributed by atoms with Crippen LogP contribution in [-0.4, -0.2) is 41.8 Å². The zero-order valence-corrected chi connectivity index (χ0v) is 9.65. The fourth-order valence-electron chi connectivity index (χ4n) is 1.74. The molecule has 0 aromatic heterocycles. The Labute approximate surface area is 95.4 Å². The summed E-state index contributed by atoms with van der Waals surface area (Å²) >= 11 is 0. The van der Waals surface area contributed by atoms with Crippen molar-refractivity contribution in [2.75, 3.05) is 19.7 Å². The van der Waals surface area contributed by atoms with Gasteiger partial charge in [0.15, 0.2) is 0 Å². The van der Waals surface area contributed by atoms with E-state index in [-0.39, 0.29) is 12.6 Å². The van der Waals surface area contributed by atoms with Gasteiger partial charge in [0.2, 0.25) is 0 Å². The number of carboxylic acids is 1. The van der Waals surface area contributed by atoms with Crippen molar-refractivity contribution in [2.24, 2.45) is 5.92 Å². The minimum atomic E-state index is -0.828. The molecular weight excluding hydrogens is 210 g/mol. The van der Waals surface area contributed by atoms with Crippen LogP contribution >= 0.6 is 0 Å². The van der Waals surface area contributed by atoms with Crippen molar-refractivity contribution in [3.05, 3.63) is 0 Å². The van der Waals surface area contributed by atoms with Crippen molar-refractivity contribution < 1.29 is 19.4 Å². The molecule has 1 atom stereocenters. The van der Waals surface area contributed by atoms with Gasteiger partial charge < -0.3 is 14.7 Å². The number of rotatable bonds is 4. The second-order valence-corrected chi connectivity index (χ2v) is 4.09. The van der Waals surface area contributed by atoms with Gasteiger partial charge in [0.25, 0.3) is 0 Å². The summed E-state index contributed by atoms with van der Waals surface area (Å²) in [4.78, 5) is 23.9. The van der Waals surface area contributed by atoms with Crippen LogP contribution in [-0.2, 0) is 9.53 Å². The lowest BCUT2D eigenvalue weighted by molar-refractivity contribution is -0.143. The van der Waals surface area contributed by atoms with Gasteiger partial charge in [-0.25, -0.2) is 4.79 Å². The van der Waals surface area contributed by atoms with Gasteiger partial charge in [-0.1, -0.05) is 13.3 Å². The number of ether oxygens (including phenoxy) is 1. The molecular formula is C11H19NO4. The molecule has 0 aromatic carbocycles. The molecule has 1 saturated heterocycles. The van der Waals surface area contributed by atoms with Gasteiger partial charge in [-0.15, -0.1) is 0 Å². The summed E-state index contributed by atoms with van der Waals surface area (Å²) in [5, 5.41) is 8.87. The van der Waals surface area contributed by atoms with Crippen LogP contribution in [0.5, 0.6) is 0 Å². The number of amides is 1. The highest BCUT2D eigenvalue weighted by Gasteiger charge is 2.28. The molecule has 0 spiro atoms. The first-order chi connectivity index (χ1) is 7.65. The molecule has 1 aliphatic heterocycles. The first kappa shape index (κ1) is 12.8. The van der Waals surface area contributed by atoms with Gasteiger partial charge in [-0.3, -0.25) is 4.79 Å². The fourth-order valence-corrected chi connectivity index (χ4v) is 1.74. The minimum Gasteiger partial charge on any atom is -0.481 e. The lowest BCUT2D eigenvalue weighted by Crippen LogP contribution is -2.42. The van der Waals surface area contributed by atoms with Crippen LogP contribution in [0.4, 0.5) is 4.79 Å². The molecule has 1 unspecified atom stereocenters. The molecule has 1 amide bonds. The molecule has 1 rings (SSSR count). The number of carbonyl (C=O) groups is 2. The molecule has 1 heterocycles. The van der Waals surface area contributed by atoms with Crippen molar-refractivity contribution in [3.8, 4) is 0 Å². The Balaban J connectivity index is 2.35. The summed E-state index contributed by atoms with van der Waals surface area (Å²) in [5.41, 5.74) is 0. The van der Waals surface area contributed by atoms with Crippen LogP contribution in [0.25, 0.3) is 0 Å². The maximum Gasteiger partial charge on any atom is 0.409 e. The average Bonchev–Trinajstić information content (AvgIpc) is 2.29. The predicted molar refractivity (Wildman–Crippen MR) is 58.2 cm³/mol. The first-order valence-corrected chi connectivity index (χ1v) is 5.79. The van der Waals surface area contributed by atoms with Crippen LogP contribution < -0.4 is 0 Å². The molecule has 0 aliphatic carbocycles. The largest absolute Gasteiger partial charge is 0.481 e. The maximum absolute atomic E-state index is 11.6. The molecule has 0 saturated carbocycles. The van der Waals surface area contributed by atoms with Crippen LogP contribution in [0.3, 0.4) is 0 Å². The highest BCUT2D eigenvalue weighted by molar-refractivity contribution is 5.73. The molecule has 1 N–H and O–H groups in total. The Kier molecular flexibility index (Phi) is 5.08. The highest BCUT2D eigenvalue weighted by Crippen LogP contribution is 2.17. The van der Waals surface area contributed by atoms with Gasteiger partial charge in [-0.05, 0) is 19.3 Å². The standard InChI is InChI=1S/C11H19NO4/c1-2-3-7-16-11(15)12-6-4-5-9(8-12)10(13)14/h9H,2-8H2,1H3,(H,13,14). The summed E-state index contributed by atoms with van der Waals surface area (Å²) in [7, 11) is 0. The summed E-state index contributed by atoms with van der Waals surface area (Å²) < 4.78 is 5.04. The average molecular weight is 229 g/mol. The fraction of sp³-hybridized carbons (Fsp3) is 0.818. The van der Waals surface area contributed by atoms with Crippen LogP contribution in [0, 0.1) is 5.92 Å². The van der Waals surface area contributed by atoms with E-state index in [2.05, 4.69) is 0 Å². The molecule has 0 aromatic rings. The Bertz CT molecular complexity index is 254. The van der Waals surface area contributed by atoms with Crippen LogP contribution in [0.2, 0.25) is 0 Å². The molecule has 92 valence electrons. The van der Waals surface area contributed by atoms with Crippen molar-refractivity contribution in [1.29, 1.82) is 0 Å². The van der Waals surface area contributed by atoms with Crippen LogP contribution in [0.15, 0.2) is 0 Å². The van der Waals surface area contributed by atoms with Gasteiger partial charge in [-0.2, -0.15) is 0 Å². The van der Waals surface area contributed by atoms with Gasteiger partial charge in [0, 0.05) is 13.1 Å². The molecule has 5 nitrogen and oxygen atoms in total. The van der Waals surface area contributed by atoms with Crippen LogP contribution in [0.1, 0.15) is 32.6 Å². The number of carboxylic acid groups (broad SMARTS) is 1. The third-order valence-electron chi connectivity index (χ3n) is 2.75. The second-order valence-electron chi connectivity index (χ2n) is 4.09. The lowest BCUT2D eigenvalue weighted by Gasteiger charge is -2.29. The number of hydrogen-bond acceptors (Lipinski definition) is 3. The lowest BCUT2D eigenvalue weighted by atomic mass is 9.99. The number of unbranched alkanes of at least 4 members (excludes halogenated alkanes) is 1. The maximum atomic E-state index is 11.6. The van der Waals surface area contributed by atoms with E-state index in [1.165, 1.54) is 4.90 Å². The van der Waals surface area contributed by atoms with E-state index in [9.17, 15) is 9.59 Å². The number of hydrogen-bond donors (Lipinski definition) is 1. The molecule has 1 fully saturated rings. The van der Waals surface area contributed by atoms with Crippen molar-refractivity contribution >= 4 is 12.1 Å². The number of piperidine rings is 1. The first-order valence-electron chi connectivity index (χ1n) is 5.79. The number of nitrogens with zero attached hydrogens (tertiary/aromatic N) is 1.